The molecule has 3 aromatic rings. The lowest BCUT2D eigenvalue weighted by molar-refractivity contribution is -0.384. The summed E-state index contributed by atoms with van der Waals surface area (Å²) in [5, 5.41) is 38.6. The van der Waals surface area contributed by atoms with Gasteiger partial charge in [-0.25, -0.2) is 4.79 Å². The summed E-state index contributed by atoms with van der Waals surface area (Å²) in [7, 11) is 1.71. The van der Waals surface area contributed by atoms with Crippen molar-refractivity contribution in [1.29, 1.82) is 0 Å². The van der Waals surface area contributed by atoms with Crippen LogP contribution < -0.4 is 24.3 Å². The number of carbonyl (C=O) groups is 2. The Bertz CT molecular complexity index is 2180. The molecule has 0 spiro atoms. The zero-order valence-electron chi connectivity index (χ0n) is 35.0. The minimum atomic E-state index is -1.51. The molecule has 0 bridgehead atoms. The van der Waals surface area contributed by atoms with E-state index < -0.39 is 28.8 Å². The summed E-state index contributed by atoms with van der Waals surface area (Å²) in [6.45, 7) is 6.38. The molecule has 2 heterocycles. The Hall–Kier alpha value is -5.97. The van der Waals surface area contributed by atoms with Gasteiger partial charge in [0.05, 0.1) is 23.2 Å². The van der Waals surface area contributed by atoms with Gasteiger partial charge in [0.25, 0.3) is 11.6 Å². The Morgan fingerprint density at radius 1 is 1.02 bits per heavy atom. The van der Waals surface area contributed by atoms with Gasteiger partial charge in [-0.05, 0) is 104 Å². The molecule has 6 unspecified atom stereocenters. The molecule has 1 saturated carbocycles. The predicted molar refractivity (Wildman–Crippen MR) is 227 cm³/mol. The minimum Gasteiger partial charge on any atom is -0.459 e. The fourth-order valence-corrected chi connectivity index (χ4v) is 9.35. The summed E-state index contributed by atoms with van der Waals surface area (Å²) in [5.74, 6) is -1.06. The average Bonchev–Trinajstić information content (AvgIpc) is 3.75. The second kappa shape index (κ2) is 19.8. The highest BCUT2D eigenvalue weighted by Crippen LogP contribution is 2.62. The topological polar surface area (TPSA) is 201 Å². The van der Waals surface area contributed by atoms with Gasteiger partial charge in [-0.3, -0.25) is 14.9 Å². The number of ether oxygens (including phenoxy) is 5. The summed E-state index contributed by atoms with van der Waals surface area (Å²) in [4.78, 5) is 46.0. The molecule has 16 heteroatoms. The van der Waals surface area contributed by atoms with Crippen LogP contribution in [-0.2, 0) is 16.2 Å². The number of nitro groups is 1. The maximum atomic E-state index is 14.7. The van der Waals surface area contributed by atoms with Crippen LogP contribution in [0.2, 0.25) is 0 Å². The van der Waals surface area contributed by atoms with Crippen LogP contribution in [0.15, 0.2) is 90.1 Å². The lowest BCUT2D eigenvalue weighted by Crippen LogP contribution is -2.69. The number of aliphatic hydroxyl groups excluding tert-OH is 2. The molecule has 6 atom stereocenters. The second-order valence-electron chi connectivity index (χ2n) is 15.9. The lowest BCUT2D eigenvalue weighted by Gasteiger charge is -2.59. The lowest BCUT2D eigenvalue weighted by atomic mass is 9.55. The Morgan fingerprint density at radius 2 is 1.76 bits per heavy atom. The van der Waals surface area contributed by atoms with Crippen molar-refractivity contribution in [2.45, 2.75) is 76.2 Å². The van der Waals surface area contributed by atoms with Crippen LogP contribution in [0.25, 0.3) is 0 Å². The van der Waals surface area contributed by atoms with Crippen molar-refractivity contribution in [2.75, 3.05) is 40.2 Å². The fourth-order valence-electron chi connectivity index (χ4n) is 9.35. The van der Waals surface area contributed by atoms with Gasteiger partial charge in [-0.2, -0.15) is 0 Å². The first kappa shape index (κ1) is 44.1. The number of hydrogen-bond donors (Lipinski definition) is 3. The molecule has 0 saturated heterocycles. The molecule has 1 fully saturated rings. The van der Waals surface area contributed by atoms with Gasteiger partial charge in [-0.1, -0.05) is 30.1 Å². The standard InChI is InChI=1S/C46H54N4O12/c1-4-22-59-46-41(49(3)44(53)31-14-18-39-40(24-31)58-28-57-39)26-37(48-60-27-29-12-15-32(16-13-29)50(55)56)35-23-30(10-6-8-20-51)34(11-7-9-21-52)42(43(35)46)36-25-33(17-19-38(36)62-46)61-45(54)47-5-2/h4,12-19,23-25,30,34,41-43,51-52H,1,5-11,20-22,26-28H2,2-3H3,(H,47,54). The SMILES string of the molecule is C=CCOC12Oc3ccc(OC(=O)NCC)cc3C3C(CCCCO)C(CCCCO)C=C(C(=NOCc4ccc([N+](=O)[O-])cc4)CC1N(C)C(=O)c1ccc4c(c1)OCO4)C32. The molecule has 4 aliphatic rings. The number of non-ortho nitro benzene ring substituents is 1. The van der Waals surface area contributed by atoms with E-state index >= 15 is 0 Å². The van der Waals surface area contributed by atoms with Gasteiger partial charge in [-0.15, -0.1) is 6.58 Å². The third-order valence-electron chi connectivity index (χ3n) is 12.1. The average molecular weight is 855 g/mol. The number of hydrogen-bond acceptors (Lipinski definition) is 13. The number of amides is 2. The highest BCUT2D eigenvalue weighted by atomic mass is 16.7. The zero-order valence-corrected chi connectivity index (χ0v) is 35.0. The first-order valence-electron chi connectivity index (χ1n) is 21.2. The number of nitrogens with one attached hydrogen (secondary N) is 1. The number of carbonyl (C=O) groups excluding carboxylic acids is 2. The molecular weight excluding hydrogens is 801 g/mol. The monoisotopic (exact) mass is 854 g/mol. The molecule has 2 amide bonds. The molecule has 3 aromatic carbocycles. The smallest absolute Gasteiger partial charge is 0.412 e. The van der Waals surface area contributed by atoms with Crippen molar-refractivity contribution in [1.82, 2.24) is 10.2 Å². The van der Waals surface area contributed by atoms with Gasteiger partial charge < -0.3 is 49.0 Å². The van der Waals surface area contributed by atoms with E-state index in [2.05, 4.69) is 18.0 Å². The number of rotatable bonds is 19. The van der Waals surface area contributed by atoms with E-state index in [1.54, 1.807) is 67.4 Å². The molecule has 330 valence electrons. The summed E-state index contributed by atoms with van der Waals surface area (Å²) in [6, 6.07) is 15.6. The Kier molecular flexibility index (Phi) is 14.1. The Morgan fingerprint density at radius 3 is 2.48 bits per heavy atom. The van der Waals surface area contributed by atoms with Gasteiger partial charge in [0.1, 0.15) is 24.1 Å². The molecule has 3 N–H and O–H groups in total. The van der Waals surface area contributed by atoms with E-state index in [1.165, 1.54) is 12.1 Å². The van der Waals surface area contributed by atoms with Gasteiger partial charge in [0, 0.05) is 62.4 Å². The molecule has 2 aliphatic carbocycles. The minimum absolute atomic E-state index is 0.0151. The van der Waals surface area contributed by atoms with Crippen LogP contribution in [0.3, 0.4) is 0 Å². The summed E-state index contributed by atoms with van der Waals surface area (Å²) in [6.07, 6.45) is 7.55. The number of aliphatic hydroxyl groups is 2. The van der Waals surface area contributed by atoms with Crippen LogP contribution in [0.5, 0.6) is 23.0 Å². The van der Waals surface area contributed by atoms with Gasteiger partial charge in [0.15, 0.2) is 11.5 Å². The van der Waals surface area contributed by atoms with E-state index in [1.807, 2.05) is 6.07 Å². The number of allylic oxidation sites excluding steroid dienone is 1. The largest absolute Gasteiger partial charge is 0.459 e. The number of benzene rings is 3. The maximum absolute atomic E-state index is 14.7. The van der Waals surface area contributed by atoms with E-state index in [-0.39, 0.29) is 69.0 Å². The number of oxime groups is 1. The van der Waals surface area contributed by atoms with Crippen molar-refractivity contribution in [3.05, 3.63) is 112 Å². The van der Waals surface area contributed by atoms with Gasteiger partial charge in [0.2, 0.25) is 12.6 Å². The van der Waals surface area contributed by atoms with E-state index in [0.29, 0.717) is 65.6 Å². The van der Waals surface area contributed by atoms with Crippen LogP contribution in [-0.4, -0.2) is 89.8 Å². The third kappa shape index (κ3) is 9.13. The van der Waals surface area contributed by atoms with Crippen LogP contribution in [0.4, 0.5) is 10.5 Å². The molecule has 0 aromatic heterocycles. The predicted octanol–water partition coefficient (Wildman–Crippen LogP) is 7.04. The highest BCUT2D eigenvalue weighted by molar-refractivity contribution is 6.03. The van der Waals surface area contributed by atoms with E-state index in [0.717, 1.165) is 30.4 Å². The van der Waals surface area contributed by atoms with Crippen molar-refractivity contribution < 1.29 is 53.2 Å². The van der Waals surface area contributed by atoms with Crippen molar-refractivity contribution in [2.24, 2.45) is 22.9 Å². The fraction of sp³-hybridized carbons (Fsp3) is 0.457. The van der Waals surface area contributed by atoms with E-state index in [4.69, 9.17) is 33.7 Å². The van der Waals surface area contributed by atoms with Crippen LogP contribution in [0.1, 0.15) is 79.3 Å². The van der Waals surface area contributed by atoms with Crippen molar-refractivity contribution in [3.63, 3.8) is 0 Å². The van der Waals surface area contributed by atoms with Crippen LogP contribution in [0, 0.1) is 27.9 Å². The second-order valence-corrected chi connectivity index (χ2v) is 15.9. The quantitative estimate of drug-likeness (QED) is 0.0482. The molecule has 7 rings (SSSR count). The highest BCUT2D eigenvalue weighted by Gasteiger charge is 2.65. The number of nitro benzene ring substituents is 1. The number of fused-ring (bicyclic) bond motifs is 3. The first-order valence-corrected chi connectivity index (χ1v) is 21.2. The molecule has 62 heavy (non-hydrogen) atoms. The summed E-state index contributed by atoms with van der Waals surface area (Å²) >= 11 is 0. The molecule has 0 radical (unpaired) electrons. The normalized spacial score (nSPS) is 23.6. The zero-order chi connectivity index (χ0) is 43.8. The van der Waals surface area contributed by atoms with E-state index in [9.17, 15) is 29.9 Å². The number of unbranched alkanes of at least 4 members (excludes halogenated alkanes) is 2. The molecule has 2 aliphatic heterocycles. The Balaban J connectivity index is 1.40. The number of likely N-dealkylation sites (N-methyl/N-ethyl adjacent to an activating group) is 1. The summed E-state index contributed by atoms with van der Waals surface area (Å²) < 4.78 is 31.1. The van der Waals surface area contributed by atoms with Crippen molar-refractivity contribution >= 4 is 23.4 Å². The van der Waals surface area contributed by atoms with Crippen molar-refractivity contribution in [3.8, 4) is 23.0 Å². The number of nitrogens with zero attached hydrogens (tertiary/aromatic N) is 3. The van der Waals surface area contributed by atoms with Crippen LogP contribution >= 0.6 is 0 Å². The first-order chi connectivity index (χ1) is 30.1. The Labute approximate surface area is 360 Å². The maximum Gasteiger partial charge on any atom is 0.412 e. The molecular formula is C46H54N4O12. The third-order valence-corrected chi connectivity index (χ3v) is 12.1. The summed E-state index contributed by atoms with van der Waals surface area (Å²) in [5.41, 5.74) is 3.16. The molecule has 16 nitrogen and oxygen atoms in total. The van der Waals surface area contributed by atoms with Gasteiger partial charge >= 0.3 is 6.09 Å².